The average molecular weight is 246 g/mol. The van der Waals surface area contributed by atoms with E-state index in [1.165, 1.54) is 12.5 Å². The predicted octanol–water partition coefficient (Wildman–Crippen LogP) is 2.14. The summed E-state index contributed by atoms with van der Waals surface area (Å²) < 4.78 is 4.65. The summed E-state index contributed by atoms with van der Waals surface area (Å²) in [6.07, 6.45) is 5.41. The molecule has 6 heteroatoms. The third kappa shape index (κ3) is 2.85. The second kappa shape index (κ2) is 5.81. The van der Waals surface area contributed by atoms with Crippen molar-refractivity contribution in [3.05, 3.63) is 36.4 Å². The Bertz CT molecular complexity index is 511. The third-order valence-corrected chi connectivity index (χ3v) is 2.28. The van der Waals surface area contributed by atoms with Crippen molar-refractivity contribution in [2.24, 2.45) is 0 Å². The Morgan fingerprint density at radius 2 is 2.39 bits per heavy atom. The fourth-order valence-electron chi connectivity index (χ4n) is 1.44. The van der Waals surface area contributed by atoms with Crippen molar-refractivity contribution in [2.75, 3.05) is 17.2 Å². The van der Waals surface area contributed by atoms with E-state index in [2.05, 4.69) is 25.3 Å². The summed E-state index contributed by atoms with van der Waals surface area (Å²) in [6, 6.07) is 3.44. The van der Waals surface area contributed by atoms with Gasteiger partial charge in [0.25, 0.3) is 5.91 Å². The van der Waals surface area contributed by atoms with Gasteiger partial charge in [0.05, 0.1) is 11.8 Å². The summed E-state index contributed by atoms with van der Waals surface area (Å²) in [5.41, 5.74) is 1.01. The van der Waals surface area contributed by atoms with Crippen LogP contribution in [0.1, 0.15) is 23.7 Å². The zero-order valence-corrected chi connectivity index (χ0v) is 10.0. The molecule has 6 nitrogen and oxygen atoms in total. The number of amides is 1. The van der Waals surface area contributed by atoms with Crippen LogP contribution in [-0.4, -0.2) is 22.6 Å². The average Bonchev–Trinajstić information content (AvgIpc) is 2.89. The van der Waals surface area contributed by atoms with Gasteiger partial charge in [0, 0.05) is 12.7 Å². The first-order chi connectivity index (χ1) is 8.81. The number of nitrogens with one attached hydrogen (secondary N) is 2. The van der Waals surface area contributed by atoms with Crippen molar-refractivity contribution in [3.8, 4) is 0 Å². The van der Waals surface area contributed by atoms with Gasteiger partial charge in [-0.25, -0.2) is 4.98 Å². The Kier molecular flexibility index (Phi) is 3.90. The van der Waals surface area contributed by atoms with Gasteiger partial charge in [-0.2, -0.15) is 0 Å². The van der Waals surface area contributed by atoms with Crippen LogP contribution in [0.5, 0.6) is 0 Å². The molecular formula is C12H14N4O2. The third-order valence-electron chi connectivity index (χ3n) is 2.28. The summed E-state index contributed by atoms with van der Waals surface area (Å²) in [6.45, 7) is 2.82. The van der Waals surface area contributed by atoms with Gasteiger partial charge in [0.2, 0.25) is 0 Å². The van der Waals surface area contributed by atoms with Crippen LogP contribution in [0, 0.1) is 0 Å². The van der Waals surface area contributed by atoms with Crippen LogP contribution >= 0.6 is 0 Å². The normalized spacial score (nSPS) is 10.1. The number of rotatable bonds is 5. The van der Waals surface area contributed by atoms with E-state index in [1.807, 2.05) is 6.92 Å². The van der Waals surface area contributed by atoms with Crippen molar-refractivity contribution in [3.63, 3.8) is 0 Å². The van der Waals surface area contributed by atoms with Gasteiger partial charge in [-0.3, -0.25) is 4.79 Å². The molecule has 0 saturated heterocycles. The van der Waals surface area contributed by atoms with Crippen LogP contribution in [0.15, 0.2) is 35.3 Å². The lowest BCUT2D eigenvalue weighted by molar-refractivity contribution is 0.102. The van der Waals surface area contributed by atoms with Crippen LogP contribution in [0.4, 0.5) is 11.5 Å². The van der Waals surface area contributed by atoms with E-state index >= 15 is 0 Å². The molecule has 0 unspecified atom stereocenters. The number of carbonyl (C=O) groups is 1. The number of hydrogen-bond acceptors (Lipinski definition) is 5. The highest BCUT2D eigenvalue weighted by molar-refractivity contribution is 6.07. The minimum absolute atomic E-state index is 0.245. The Labute approximate surface area is 104 Å². The zero-order chi connectivity index (χ0) is 12.8. The van der Waals surface area contributed by atoms with Crippen LogP contribution < -0.4 is 10.6 Å². The predicted molar refractivity (Wildman–Crippen MR) is 67.5 cm³/mol. The van der Waals surface area contributed by atoms with Crippen molar-refractivity contribution >= 4 is 17.4 Å². The van der Waals surface area contributed by atoms with Gasteiger partial charge in [0.1, 0.15) is 17.8 Å². The SMILES string of the molecule is CCCNc1ncccc1C(=O)Nc1cnoc1. The minimum Gasteiger partial charge on any atom is -0.369 e. The van der Waals surface area contributed by atoms with E-state index in [4.69, 9.17) is 0 Å². The molecule has 0 aromatic carbocycles. The fraction of sp³-hybridized carbons (Fsp3) is 0.250. The summed E-state index contributed by atoms with van der Waals surface area (Å²) in [4.78, 5) is 16.2. The molecular weight excluding hydrogens is 232 g/mol. The van der Waals surface area contributed by atoms with E-state index in [-0.39, 0.29) is 5.91 Å². The van der Waals surface area contributed by atoms with Gasteiger partial charge in [-0.05, 0) is 18.6 Å². The van der Waals surface area contributed by atoms with Crippen LogP contribution in [0.3, 0.4) is 0 Å². The molecule has 94 valence electrons. The van der Waals surface area contributed by atoms with Crippen molar-refractivity contribution in [1.82, 2.24) is 10.1 Å². The van der Waals surface area contributed by atoms with Crippen molar-refractivity contribution < 1.29 is 9.32 Å². The molecule has 2 rings (SSSR count). The minimum atomic E-state index is -0.245. The lowest BCUT2D eigenvalue weighted by atomic mass is 10.2. The molecule has 0 bridgehead atoms. The lowest BCUT2D eigenvalue weighted by Gasteiger charge is -2.09. The number of carbonyl (C=O) groups excluding carboxylic acids is 1. The molecule has 18 heavy (non-hydrogen) atoms. The van der Waals surface area contributed by atoms with Crippen LogP contribution in [0.25, 0.3) is 0 Å². The zero-order valence-electron chi connectivity index (χ0n) is 10.0. The van der Waals surface area contributed by atoms with E-state index in [0.29, 0.717) is 17.1 Å². The van der Waals surface area contributed by atoms with E-state index in [9.17, 15) is 4.79 Å². The molecule has 0 spiro atoms. The number of nitrogens with zero attached hydrogens (tertiary/aromatic N) is 2. The maximum atomic E-state index is 12.0. The lowest BCUT2D eigenvalue weighted by Crippen LogP contribution is -2.15. The molecule has 0 atom stereocenters. The number of anilines is 2. The first kappa shape index (κ1) is 12.1. The molecule has 2 aromatic heterocycles. The molecule has 0 fully saturated rings. The van der Waals surface area contributed by atoms with Gasteiger partial charge < -0.3 is 15.2 Å². The molecule has 2 N–H and O–H groups in total. The molecule has 0 aliphatic carbocycles. The number of hydrogen-bond donors (Lipinski definition) is 2. The summed E-state index contributed by atoms with van der Waals surface area (Å²) >= 11 is 0. The molecule has 2 heterocycles. The maximum Gasteiger partial charge on any atom is 0.259 e. The maximum absolute atomic E-state index is 12.0. The highest BCUT2D eigenvalue weighted by atomic mass is 16.5. The highest BCUT2D eigenvalue weighted by Gasteiger charge is 2.12. The quantitative estimate of drug-likeness (QED) is 0.844. The second-order valence-electron chi connectivity index (χ2n) is 3.69. The van der Waals surface area contributed by atoms with Gasteiger partial charge in [-0.1, -0.05) is 12.1 Å². The molecule has 0 radical (unpaired) electrons. The smallest absolute Gasteiger partial charge is 0.259 e. The fourth-order valence-corrected chi connectivity index (χ4v) is 1.44. The molecule has 2 aromatic rings. The largest absolute Gasteiger partial charge is 0.369 e. The Hall–Kier alpha value is -2.37. The standard InChI is InChI=1S/C12H14N4O2/c1-2-5-13-11-10(4-3-6-14-11)12(17)16-9-7-15-18-8-9/h3-4,6-8H,2,5H2,1H3,(H,13,14)(H,16,17). The Balaban J connectivity index is 2.13. The monoisotopic (exact) mass is 246 g/mol. The Morgan fingerprint density at radius 3 is 3.11 bits per heavy atom. The second-order valence-corrected chi connectivity index (χ2v) is 3.69. The summed E-state index contributed by atoms with van der Waals surface area (Å²) in [5, 5.41) is 9.31. The number of aromatic nitrogens is 2. The van der Waals surface area contributed by atoms with E-state index in [0.717, 1.165) is 13.0 Å². The molecule has 0 saturated carbocycles. The molecule has 1 amide bonds. The first-order valence-electron chi connectivity index (χ1n) is 5.71. The first-order valence-corrected chi connectivity index (χ1v) is 5.71. The Morgan fingerprint density at radius 1 is 1.50 bits per heavy atom. The van der Waals surface area contributed by atoms with Gasteiger partial charge in [0.15, 0.2) is 0 Å². The van der Waals surface area contributed by atoms with E-state index < -0.39 is 0 Å². The number of pyridine rings is 1. The summed E-state index contributed by atoms with van der Waals surface area (Å²) in [5.74, 6) is 0.332. The topological polar surface area (TPSA) is 80.0 Å². The van der Waals surface area contributed by atoms with Gasteiger partial charge in [-0.15, -0.1) is 0 Å². The van der Waals surface area contributed by atoms with Crippen LogP contribution in [0.2, 0.25) is 0 Å². The van der Waals surface area contributed by atoms with Gasteiger partial charge >= 0.3 is 0 Å². The van der Waals surface area contributed by atoms with Crippen LogP contribution in [-0.2, 0) is 0 Å². The molecule has 0 aliphatic heterocycles. The van der Waals surface area contributed by atoms with Crippen molar-refractivity contribution in [1.29, 1.82) is 0 Å². The van der Waals surface area contributed by atoms with E-state index in [1.54, 1.807) is 18.3 Å². The summed E-state index contributed by atoms with van der Waals surface area (Å²) in [7, 11) is 0. The molecule has 0 aliphatic rings. The van der Waals surface area contributed by atoms with Crippen molar-refractivity contribution in [2.45, 2.75) is 13.3 Å². The highest BCUT2D eigenvalue weighted by Crippen LogP contribution is 2.14.